The van der Waals surface area contributed by atoms with Gasteiger partial charge in [-0.05, 0) is 86.5 Å². The number of aromatic nitrogens is 2. The number of halogens is 1. The van der Waals surface area contributed by atoms with Gasteiger partial charge in [-0.25, -0.2) is 4.39 Å². The van der Waals surface area contributed by atoms with Crippen LogP contribution in [0.3, 0.4) is 0 Å². The van der Waals surface area contributed by atoms with Crippen LogP contribution in [0.15, 0.2) is 85.3 Å². The van der Waals surface area contributed by atoms with Gasteiger partial charge in [0.15, 0.2) is 0 Å². The molecule has 1 saturated heterocycles. The van der Waals surface area contributed by atoms with Crippen molar-refractivity contribution in [2.45, 2.75) is 57.7 Å². The molecule has 2 amide bonds. The molecule has 0 radical (unpaired) electrons. The maximum absolute atomic E-state index is 14.1. The van der Waals surface area contributed by atoms with Gasteiger partial charge in [0.2, 0.25) is 5.91 Å². The normalized spacial score (nSPS) is 18.6. The number of fused-ring (bicyclic) bond motifs is 1. The smallest absolute Gasteiger partial charge is 0.255 e. The summed E-state index contributed by atoms with van der Waals surface area (Å²) in [6.45, 7) is 14.6. The Morgan fingerprint density at radius 3 is 2.55 bits per heavy atom. The molecule has 12 heteroatoms. The zero-order valence-electron chi connectivity index (χ0n) is 32.7. The highest BCUT2D eigenvalue weighted by Crippen LogP contribution is 2.40. The standard InChI is InChI=1S/C43H55FN8O3/c1-30-26-51(28-40(53)52-29-43(3,4)41-39(52)23-33(24-48-41)22-32-6-12-36(44)13-7-32)38(25-47-30)27-50(5)19-21-55-20-18-46-31(2)34-8-10-35(11-9-34)42(54)49-37-14-16-45-17-15-37/h6-17,23-24,30-31,38,46-47H,18-22,25-29H2,1-5H3,(H,45,49,54)/t30-,31-,38-/m1/s1. The van der Waals surface area contributed by atoms with Crippen molar-refractivity contribution in [3.63, 3.8) is 0 Å². The largest absolute Gasteiger partial charge is 0.379 e. The number of hydrogen-bond acceptors (Lipinski definition) is 9. The molecule has 0 unspecified atom stereocenters. The van der Waals surface area contributed by atoms with Crippen LogP contribution >= 0.6 is 0 Å². The van der Waals surface area contributed by atoms with E-state index in [1.807, 2.05) is 35.4 Å². The summed E-state index contributed by atoms with van der Waals surface area (Å²) in [7, 11) is 2.11. The van der Waals surface area contributed by atoms with Crippen LogP contribution in [0.1, 0.15) is 66.5 Å². The minimum Gasteiger partial charge on any atom is -0.379 e. The van der Waals surface area contributed by atoms with Crippen LogP contribution in [-0.2, 0) is 21.4 Å². The third-order valence-corrected chi connectivity index (χ3v) is 10.5. The van der Waals surface area contributed by atoms with Gasteiger partial charge in [-0.15, -0.1) is 0 Å². The number of rotatable bonds is 16. The lowest BCUT2D eigenvalue weighted by Crippen LogP contribution is -2.60. The first-order valence-electron chi connectivity index (χ1n) is 19.3. The van der Waals surface area contributed by atoms with E-state index in [1.165, 1.54) is 12.1 Å². The number of piperazine rings is 1. The Bertz CT molecular complexity index is 1880. The van der Waals surface area contributed by atoms with Crippen LogP contribution in [0.2, 0.25) is 0 Å². The first-order valence-corrected chi connectivity index (χ1v) is 19.3. The molecule has 3 N–H and O–H groups in total. The number of amides is 2. The molecule has 55 heavy (non-hydrogen) atoms. The molecule has 4 aromatic rings. The fourth-order valence-corrected chi connectivity index (χ4v) is 7.40. The maximum atomic E-state index is 14.1. The molecule has 3 atom stereocenters. The molecule has 11 nitrogen and oxygen atoms in total. The lowest BCUT2D eigenvalue weighted by atomic mass is 9.91. The van der Waals surface area contributed by atoms with Gasteiger partial charge in [0.1, 0.15) is 5.82 Å². The monoisotopic (exact) mass is 750 g/mol. The summed E-state index contributed by atoms with van der Waals surface area (Å²) in [6, 6.07) is 20.3. The van der Waals surface area contributed by atoms with Crippen LogP contribution in [-0.4, -0.2) is 110 Å². The number of benzene rings is 2. The van der Waals surface area contributed by atoms with E-state index in [-0.39, 0.29) is 41.2 Å². The summed E-state index contributed by atoms with van der Waals surface area (Å²) in [4.78, 5) is 42.0. The average Bonchev–Trinajstić information content (AvgIpc) is 3.45. The van der Waals surface area contributed by atoms with Gasteiger partial charge < -0.3 is 30.5 Å². The van der Waals surface area contributed by atoms with Crippen molar-refractivity contribution in [1.82, 2.24) is 30.4 Å². The van der Waals surface area contributed by atoms with E-state index in [2.05, 4.69) is 71.5 Å². The molecule has 0 bridgehead atoms. The van der Waals surface area contributed by atoms with Gasteiger partial charge >= 0.3 is 0 Å². The fraction of sp³-hybridized carbons (Fsp3) is 0.442. The molecule has 6 rings (SSSR count). The molecule has 2 aromatic carbocycles. The molecule has 2 aliphatic heterocycles. The van der Waals surface area contributed by atoms with E-state index in [1.54, 1.807) is 36.7 Å². The van der Waals surface area contributed by atoms with E-state index < -0.39 is 0 Å². The van der Waals surface area contributed by atoms with E-state index in [9.17, 15) is 14.0 Å². The number of pyridine rings is 2. The van der Waals surface area contributed by atoms with Crippen LogP contribution in [0.4, 0.5) is 15.8 Å². The number of nitrogens with one attached hydrogen (secondary N) is 3. The third kappa shape index (κ3) is 10.8. The van der Waals surface area contributed by atoms with Gasteiger partial charge in [-0.1, -0.05) is 38.1 Å². The molecule has 0 aliphatic carbocycles. The number of hydrogen-bond donors (Lipinski definition) is 3. The SMILES string of the molecule is C[C@@H]1CN(CC(=O)N2CC(C)(C)c3ncc(Cc4ccc(F)cc4)cc32)[C@@H](CN(C)CCOCCN[C@H](C)c2ccc(C(=O)Nc3ccncc3)cc2)CN1. The lowest BCUT2D eigenvalue weighted by molar-refractivity contribution is -0.120. The number of carbonyl (C=O) groups excluding carboxylic acids is 2. The van der Waals surface area contributed by atoms with Gasteiger partial charge in [-0.2, -0.15) is 0 Å². The predicted molar refractivity (Wildman–Crippen MR) is 215 cm³/mol. The molecule has 4 heterocycles. The zero-order valence-corrected chi connectivity index (χ0v) is 32.7. The first-order chi connectivity index (χ1) is 26.4. The van der Waals surface area contributed by atoms with Gasteiger partial charge in [0.25, 0.3) is 5.91 Å². The number of nitrogens with zero attached hydrogens (tertiary/aromatic N) is 5. The fourth-order valence-electron chi connectivity index (χ4n) is 7.40. The molecular weight excluding hydrogens is 696 g/mol. The van der Waals surface area contributed by atoms with Gasteiger partial charge in [0.05, 0.1) is 31.1 Å². The summed E-state index contributed by atoms with van der Waals surface area (Å²) in [5.74, 6) is -0.324. The second-order valence-corrected chi connectivity index (χ2v) is 15.6. The lowest BCUT2D eigenvalue weighted by Gasteiger charge is -2.41. The second kappa shape index (κ2) is 18.4. The summed E-state index contributed by atoms with van der Waals surface area (Å²) < 4.78 is 19.5. The van der Waals surface area contributed by atoms with Crippen LogP contribution < -0.4 is 20.9 Å². The van der Waals surface area contributed by atoms with Crippen molar-refractivity contribution in [3.05, 3.63) is 119 Å². The zero-order chi connectivity index (χ0) is 39.0. The molecule has 2 aliphatic rings. The van der Waals surface area contributed by atoms with Crippen LogP contribution in [0.25, 0.3) is 0 Å². The first kappa shape index (κ1) is 40.1. The molecule has 2 aromatic heterocycles. The molecular formula is C43H55FN8O3. The van der Waals surface area contributed by atoms with Crippen molar-refractivity contribution < 1.29 is 18.7 Å². The maximum Gasteiger partial charge on any atom is 0.255 e. The van der Waals surface area contributed by atoms with Crippen molar-refractivity contribution in [2.24, 2.45) is 0 Å². The van der Waals surface area contributed by atoms with E-state index in [4.69, 9.17) is 9.72 Å². The summed E-state index contributed by atoms with van der Waals surface area (Å²) in [5.41, 5.74) is 5.98. The Labute approximate surface area is 324 Å². The third-order valence-electron chi connectivity index (χ3n) is 10.5. The number of ether oxygens (including phenoxy) is 1. The summed E-state index contributed by atoms with van der Waals surface area (Å²) in [6.07, 6.45) is 5.80. The highest BCUT2D eigenvalue weighted by molar-refractivity contribution is 6.04. The Morgan fingerprint density at radius 1 is 1.05 bits per heavy atom. The quantitative estimate of drug-likeness (QED) is 0.136. The molecule has 1 fully saturated rings. The minimum absolute atomic E-state index is 0.0850. The van der Waals surface area contributed by atoms with Crippen molar-refractivity contribution in [1.29, 1.82) is 0 Å². The second-order valence-electron chi connectivity index (χ2n) is 15.6. The minimum atomic E-state index is -0.254. The van der Waals surface area contributed by atoms with Gasteiger partial charge in [0, 0.05) is 92.7 Å². The van der Waals surface area contributed by atoms with E-state index in [0.717, 1.165) is 54.3 Å². The highest BCUT2D eigenvalue weighted by Gasteiger charge is 2.40. The molecule has 292 valence electrons. The number of carbonyl (C=O) groups is 2. The molecule has 0 spiro atoms. The van der Waals surface area contributed by atoms with Crippen LogP contribution in [0.5, 0.6) is 0 Å². The summed E-state index contributed by atoms with van der Waals surface area (Å²) >= 11 is 0. The predicted octanol–water partition coefficient (Wildman–Crippen LogP) is 5.04. The molecule has 0 saturated carbocycles. The highest BCUT2D eigenvalue weighted by atomic mass is 19.1. The Hall–Kier alpha value is -4.59. The van der Waals surface area contributed by atoms with E-state index in [0.29, 0.717) is 50.5 Å². The van der Waals surface area contributed by atoms with Crippen molar-refractivity contribution >= 4 is 23.2 Å². The Balaban J connectivity index is 0.939. The topological polar surface area (TPSA) is 115 Å². The van der Waals surface area contributed by atoms with E-state index >= 15 is 0 Å². The summed E-state index contributed by atoms with van der Waals surface area (Å²) in [5, 5.41) is 10.00. The Kier molecular flexibility index (Phi) is 13.4. The number of anilines is 2. The van der Waals surface area contributed by atoms with Crippen molar-refractivity contribution in [2.75, 3.05) is 76.3 Å². The van der Waals surface area contributed by atoms with Gasteiger partial charge in [-0.3, -0.25) is 24.5 Å². The van der Waals surface area contributed by atoms with Crippen molar-refractivity contribution in [3.8, 4) is 0 Å². The number of likely N-dealkylation sites (N-methyl/N-ethyl adjacent to an activating group) is 1. The Morgan fingerprint density at radius 2 is 1.80 bits per heavy atom. The average molecular weight is 751 g/mol. The van der Waals surface area contributed by atoms with Crippen LogP contribution in [0, 0.1) is 5.82 Å².